The van der Waals surface area contributed by atoms with Crippen molar-refractivity contribution >= 4 is 5.97 Å². The highest BCUT2D eigenvalue weighted by Gasteiger charge is 2.40. The molecule has 0 amide bonds. The number of likely N-dealkylation sites (tertiary alicyclic amines) is 1. The number of fused-ring (bicyclic) bond motifs is 3. The molecule has 4 unspecified atom stereocenters. The van der Waals surface area contributed by atoms with E-state index in [4.69, 9.17) is 14.2 Å². The highest BCUT2D eigenvalue weighted by atomic mass is 16.5. The van der Waals surface area contributed by atoms with Crippen LogP contribution in [0.15, 0.2) is 12.1 Å². The van der Waals surface area contributed by atoms with Crippen LogP contribution < -0.4 is 9.47 Å². The lowest BCUT2D eigenvalue weighted by molar-refractivity contribution is -0.148. The van der Waals surface area contributed by atoms with Crippen LogP contribution in [0.4, 0.5) is 0 Å². The Balaban J connectivity index is 1.47. The largest absolute Gasteiger partial charge is 0.493 e. The normalized spacial score (nSPS) is 27.8. The van der Waals surface area contributed by atoms with Gasteiger partial charge in [-0.05, 0) is 86.2 Å². The van der Waals surface area contributed by atoms with Crippen molar-refractivity contribution in [3.8, 4) is 11.5 Å². The van der Waals surface area contributed by atoms with E-state index in [0.29, 0.717) is 42.7 Å². The van der Waals surface area contributed by atoms with Crippen molar-refractivity contribution in [3.63, 3.8) is 0 Å². The van der Waals surface area contributed by atoms with Gasteiger partial charge in [0.25, 0.3) is 0 Å². The maximum atomic E-state index is 12.6. The zero-order chi connectivity index (χ0) is 23.5. The van der Waals surface area contributed by atoms with Crippen molar-refractivity contribution < 1.29 is 19.0 Å². The number of esters is 1. The van der Waals surface area contributed by atoms with Crippen LogP contribution >= 0.6 is 0 Å². The average molecular weight is 459 g/mol. The molecule has 0 aliphatic carbocycles. The molecule has 0 radical (unpaired) electrons. The molecule has 3 aliphatic rings. The number of carbonyl (C=O) groups is 1. The SMILES string of the molecule is COc1cc2c(cc1OC)C1CC(COC(=O)CC3CCN(C)C3)C(CC(C)C)CN1CC2. The smallest absolute Gasteiger partial charge is 0.306 e. The first-order valence-corrected chi connectivity index (χ1v) is 12.7. The molecule has 184 valence electrons. The number of rotatable bonds is 8. The van der Waals surface area contributed by atoms with Gasteiger partial charge in [0.05, 0.1) is 20.8 Å². The molecule has 4 atom stereocenters. The van der Waals surface area contributed by atoms with Crippen molar-refractivity contribution in [2.24, 2.45) is 23.7 Å². The minimum absolute atomic E-state index is 0.0172. The Bertz CT molecular complexity index is 827. The minimum atomic E-state index is -0.0172. The summed E-state index contributed by atoms with van der Waals surface area (Å²) >= 11 is 0. The van der Waals surface area contributed by atoms with Crippen LogP contribution in [0.1, 0.15) is 56.7 Å². The molecular weight excluding hydrogens is 416 g/mol. The third-order valence-corrected chi connectivity index (χ3v) is 7.95. The summed E-state index contributed by atoms with van der Waals surface area (Å²) in [4.78, 5) is 17.6. The van der Waals surface area contributed by atoms with Crippen molar-refractivity contribution in [2.45, 2.75) is 52.0 Å². The first-order chi connectivity index (χ1) is 15.9. The predicted molar refractivity (Wildman–Crippen MR) is 130 cm³/mol. The molecule has 3 aliphatic heterocycles. The molecule has 1 aromatic carbocycles. The Hall–Kier alpha value is -1.79. The van der Waals surface area contributed by atoms with Gasteiger partial charge < -0.3 is 19.1 Å². The number of hydrogen-bond acceptors (Lipinski definition) is 6. The van der Waals surface area contributed by atoms with Gasteiger partial charge in [-0.3, -0.25) is 9.69 Å². The maximum Gasteiger partial charge on any atom is 0.306 e. The van der Waals surface area contributed by atoms with Crippen molar-refractivity contribution in [1.82, 2.24) is 9.80 Å². The van der Waals surface area contributed by atoms with Gasteiger partial charge in [-0.25, -0.2) is 0 Å². The fourth-order valence-electron chi connectivity index (χ4n) is 6.27. The number of carbonyl (C=O) groups excluding carboxylic acids is 1. The summed E-state index contributed by atoms with van der Waals surface area (Å²) < 4.78 is 17.1. The number of piperidine rings is 1. The first-order valence-electron chi connectivity index (χ1n) is 12.7. The van der Waals surface area contributed by atoms with Crippen LogP contribution in [0.2, 0.25) is 0 Å². The van der Waals surface area contributed by atoms with E-state index in [2.05, 4.69) is 42.8 Å². The second-order valence-electron chi connectivity index (χ2n) is 10.9. The molecule has 6 nitrogen and oxygen atoms in total. The number of hydrogen-bond donors (Lipinski definition) is 0. The Kier molecular flexibility index (Phi) is 7.85. The standard InChI is InChI=1S/C27H42N2O4/c1-18(2)10-21-16-29-9-7-20-13-25(31-4)26(32-5)14-23(20)24(29)12-22(21)17-33-27(30)11-19-6-8-28(3)15-19/h13-14,18-19,21-22,24H,6-12,15-17H2,1-5H3. The third-order valence-electron chi connectivity index (χ3n) is 7.95. The summed E-state index contributed by atoms with van der Waals surface area (Å²) in [5.74, 6) is 3.63. The number of nitrogens with zero attached hydrogens (tertiary/aromatic N) is 2. The topological polar surface area (TPSA) is 51.2 Å². The molecule has 0 N–H and O–H groups in total. The monoisotopic (exact) mass is 458 g/mol. The molecule has 2 fully saturated rings. The van der Waals surface area contributed by atoms with Crippen molar-refractivity contribution in [2.75, 3.05) is 54.1 Å². The zero-order valence-electron chi connectivity index (χ0n) is 21.1. The Morgan fingerprint density at radius 3 is 2.52 bits per heavy atom. The van der Waals surface area contributed by atoms with Crippen LogP contribution in [0, 0.1) is 23.7 Å². The molecule has 4 rings (SSSR count). The van der Waals surface area contributed by atoms with Crippen LogP contribution in [0.25, 0.3) is 0 Å². The fourth-order valence-corrected chi connectivity index (χ4v) is 6.27. The highest BCUT2D eigenvalue weighted by Crippen LogP contribution is 2.45. The second-order valence-corrected chi connectivity index (χ2v) is 10.9. The van der Waals surface area contributed by atoms with E-state index in [-0.39, 0.29) is 5.97 Å². The van der Waals surface area contributed by atoms with Crippen LogP contribution in [-0.2, 0) is 16.0 Å². The molecule has 33 heavy (non-hydrogen) atoms. The predicted octanol–water partition coefficient (Wildman–Crippen LogP) is 4.17. The van der Waals surface area contributed by atoms with Gasteiger partial charge in [0, 0.05) is 32.1 Å². The number of methoxy groups -OCH3 is 2. The van der Waals surface area contributed by atoms with Crippen LogP contribution in [0.5, 0.6) is 11.5 Å². The van der Waals surface area contributed by atoms with E-state index in [1.807, 2.05) is 0 Å². The molecule has 1 aromatic rings. The Morgan fingerprint density at radius 2 is 1.85 bits per heavy atom. The summed E-state index contributed by atoms with van der Waals surface area (Å²) in [6, 6.07) is 4.68. The van der Waals surface area contributed by atoms with Crippen LogP contribution in [0.3, 0.4) is 0 Å². The molecule has 0 saturated carbocycles. The van der Waals surface area contributed by atoms with Gasteiger partial charge in [-0.15, -0.1) is 0 Å². The van der Waals surface area contributed by atoms with E-state index in [0.717, 1.165) is 56.9 Å². The lowest BCUT2D eigenvalue weighted by atomic mass is 9.74. The van der Waals surface area contributed by atoms with Crippen LogP contribution in [-0.4, -0.2) is 69.8 Å². The third kappa shape index (κ3) is 5.65. The van der Waals surface area contributed by atoms with E-state index >= 15 is 0 Å². The van der Waals surface area contributed by atoms with Crippen molar-refractivity contribution in [3.05, 3.63) is 23.3 Å². The summed E-state index contributed by atoms with van der Waals surface area (Å²) in [6.07, 6.45) is 4.90. The van der Waals surface area contributed by atoms with Gasteiger partial charge in [0.2, 0.25) is 0 Å². The van der Waals surface area contributed by atoms with E-state index in [1.54, 1.807) is 14.2 Å². The minimum Gasteiger partial charge on any atom is -0.493 e. The van der Waals surface area contributed by atoms with Gasteiger partial charge >= 0.3 is 5.97 Å². The second kappa shape index (κ2) is 10.6. The van der Waals surface area contributed by atoms with E-state index in [1.165, 1.54) is 17.5 Å². The molecule has 0 bridgehead atoms. The van der Waals surface area contributed by atoms with Gasteiger partial charge in [0.1, 0.15) is 0 Å². The molecular formula is C27H42N2O4. The number of benzene rings is 1. The van der Waals surface area contributed by atoms with Gasteiger partial charge in [-0.1, -0.05) is 13.8 Å². The lowest BCUT2D eigenvalue weighted by Gasteiger charge is -2.47. The Morgan fingerprint density at radius 1 is 1.09 bits per heavy atom. The Labute approximate surface area is 199 Å². The summed E-state index contributed by atoms with van der Waals surface area (Å²) in [5, 5.41) is 0. The molecule has 0 aromatic heterocycles. The summed E-state index contributed by atoms with van der Waals surface area (Å²) in [7, 11) is 5.53. The lowest BCUT2D eigenvalue weighted by Crippen LogP contribution is -2.47. The average Bonchev–Trinajstić information content (AvgIpc) is 3.20. The number of ether oxygens (including phenoxy) is 3. The quantitative estimate of drug-likeness (QED) is 0.545. The van der Waals surface area contributed by atoms with E-state index in [9.17, 15) is 4.79 Å². The van der Waals surface area contributed by atoms with E-state index < -0.39 is 0 Å². The molecule has 3 heterocycles. The van der Waals surface area contributed by atoms with Gasteiger partial charge in [-0.2, -0.15) is 0 Å². The zero-order valence-corrected chi connectivity index (χ0v) is 21.1. The van der Waals surface area contributed by atoms with Gasteiger partial charge in [0.15, 0.2) is 11.5 Å². The maximum absolute atomic E-state index is 12.6. The van der Waals surface area contributed by atoms with Crippen molar-refractivity contribution in [1.29, 1.82) is 0 Å². The highest BCUT2D eigenvalue weighted by molar-refractivity contribution is 5.69. The summed E-state index contributed by atoms with van der Waals surface area (Å²) in [5.41, 5.74) is 2.71. The first kappa shape index (κ1) is 24.3. The fraction of sp³-hybridized carbons (Fsp3) is 0.741. The molecule has 0 spiro atoms. The molecule has 2 saturated heterocycles. The summed E-state index contributed by atoms with van der Waals surface area (Å²) in [6.45, 7) is 9.39. The molecule has 6 heteroatoms.